The number of benzene rings is 3. The fourth-order valence-electron chi connectivity index (χ4n) is 11.1. The molecule has 3 aromatic carbocycles. The molecule has 11 rings (SSSR count). The molecule has 5 atom stereocenters. The molecule has 2 saturated heterocycles. The fraction of sp³-hybridized carbons (Fsp3) is 0.404. The third-order valence-electron chi connectivity index (χ3n) is 14.5. The third-order valence-corrected chi connectivity index (χ3v) is 16.4. The maximum atomic E-state index is 16.2. The van der Waals surface area contributed by atoms with Crippen molar-refractivity contribution in [3.8, 4) is 17.2 Å². The monoisotopic (exact) mass is 920 g/mol. The van der Waals surface area contributed by atoms with E-state index in [0.29, 0.717) is 57.5 Å². The average Bonchev–Trinajstić information content (AvgIpc) is 3.71. The number of halogens is 2. The number of morpholine rings is 1. The van der Waals surface area contributed by atoms with Gasteiger partial charge in [-0.25, -0.2) is 26.7 Å². The Kier molecular flexibility index (Phi) is 9.45. The zero-order chi connectivity index (χ0) is 46.4. The van der Waals surface area contributed by atoms with Gasteiger partial charge in [0.25, 0.3) is 10.0 Å². The highest BCUT2D eigenvalue weighted by molar-refractivity contribution is 7.89. The summed E-state index contributed by atoms with van der Waals surface area (Å²) in [6, 6.07) is 12.4. The molecule has 4 aromatic heterocycles. The predicted octanol–water partition coefficient (Wildman–Crippen LogP) is 6.39. The van der Waals surface area contributed by atoms with Crippen molar-refractivity contribution in [2.75, 3.05) is 19.8 Å². The summed E-state index contributed by atoms with van der Waals surface area (Å²) in [5.74, 6) is -0.915. The second kappa shape index (κ2) is 14.7. The van der Waals surface area contributed by atoms with Crippen LogP contribution in [0, 0.1) is 31.4 Å². The molecule has 1 saturated carbocycles. The van der Waals surface area contributed by atoms with E-state index in [2.05, 4.69) is 24.1 Å². The lowest BCUT2D eigenvalue weighted by atomic mass is 9.83. The average molecular weight is 921 g/mol. The Bertz CT molecular complexity index is 3360. The number of aryl methyl sites for hydroxylation is 3. The maximum Gasteiger partial charge on any atom is 0.338 e. The van der Waals surface area contributed by atoms with E-state index in [4.69, 9.17) is 20.3 Å². The number of nitrogens with zero attached hydrogens (tertiary/aromatic N) is 9. The molecule has 2 bridgehead atoms. The van der Waals surface area contributed by atoms with Gasteiger partial charge in [0, 0.05) is 43.4 Å². The second-order valence-corrected chi connectivity index (χ2v) is 20.9. The smallest absolute Gasteiger partial charge is 0.338 e. The van der Waals surface area contributed by atoms with Crippen LogP contribution in [0.1, 0.15) is 79.9 Å². The van der Waals surface area contributed by atoms with Crippen molar-refractivity contribution in [3.05, 3.63) is 117 Å². The summed E-state index contributed by atoms with van der Waals surface area (Å²) < 4.78 is 84.2. The van der Waals surface area contributed by atoms with Crippen LogP contribution in [0.5, 0.6) is 0 Å². The van der Waals surface area contributed by atoms with Gasteiger partial charge in [-0.2, -0.15) is 14.5 Å². The van der Waals surface area contributed by atoms with Gasteiger partial charge in [-0.3, -0.25) is 13.8 Å². The van der Waals surface area contributed by atoms with Crippen molar-refractivity contribution in [3.63, 3.8) is 0 Å². The van der Waals surface area contributed by atoms with Crippen LogP contribution >= 0.6 is 0 Å². The zero-order valence-corrected chi connectivity index (χ0v) is 38.2. The molecule has 7 heterocycles. The van der Waals surface area contributed by atoms with E-state index in [9.17, 15) is 10.0 Å². The lowest BCUT2D eigenvalue weighted by Crippen LogP contribution is -2.55. The zero-order valence-electron chi connectivity index (χ0n) is 37.4. The first-order valence-corrected chi connectivity index (χ1v) is 23.6. The van der Waals surface area contributed by atoms with E-state index in [1.807, 2.05) is 25.1 Å². The highest BCUT2D eigenvalue weighted by Gasteiger charge is 2.60. The molecule has 3 aliphatic heterocycles. The lowest BCUT2D eigenvalue weighted by Gasteiger charge is -2.44. The molecule has 0 spiro atoms. The van der Waals surface area contributed by atoms with Gasteiger partial charge >= 0.3 is 5.69 Å². The van der Waals surface area contributed by atoms with Crippen LogP contribution in [-0.2, 0) is 38.5 Å². The van der Waals surface area contributed by atoms with Gasteiger partial charge in [0.05, 0.1) is 70.6 Å². The number of aromatic nitrogens is 7. The minimum absolute atomic E-state index is 0.0108. The Labute approximate surface area is 378 Å². The van der Waals surface area contributed by atoms with Crippen LogP contribution in [0.3, 0.4) is 0 Å². The number of rotatable bonds is 8. The number of sulfonamides is 1. The van der Waals surface area contributed by atoms with Crippen molar-refractivity contribution < 1.29 is 31.9 Å². The molecular formula is C47H50F2N10O6S. The van der Waals surface area contributed by atoms with Crippen molar-refractivity contribution in [2.24, 2.45) is 23.9 Å². The van der Waals surface area contributed by atoms with E-state index in [1.54, 1.807) is 49.7 Å². The number of fused-ring (bicyclic) bond motifs is 6. The molecule has 7 aromatic rings. The first kappa shape index (κ1) is 42.5. The number of hydrogen-bond acceptors (Lipinski definition) is 9. The number of amidine groups is 1. The Morgan fingerprint density at radius 2 is 1.71 bits per heavy atom. The largest absolute Gasteiger partial charge is 0.409 e. The van der Waals surface area contributed by atoms with Crippen LogP contribution in [0.25, 0.3) is 39.0 Å². The lowest BCUT2D eigenvalue weighted by molar-refractivity contribution is -0.0592. The van der Waals surface area contributed by atoms with Crippen LogP contribution in [0.15, 0.2) is 82.1 Å². The van der Waals surface area contributed by atoms with Crippen molar-refractivity contribution in [1.82, 2.24) is 37.6 Å². The molecule has 1 aliphatic carbocycles. The van der Waals surface area contributed by atoms with Gasteiger partial charge in [-0.1, -0.05) is 18.1 Å². The molecular weight excluding hydrogens is 871 g/mol. The summed E-state index contributed by atoms with van der Waals surface area (Å²) in [4.78, 5) is 14.8. The first-order valence-electron chi connectivity index (χ1n) is 22.1. The molecule has 0 radical (unpaired) electrons. The summed E-state index contributed by atoms with van der Waals surface area (Å²) >= 11 is 0. The summed E-state index contributed by atoms with van der Waals surface area (Å²) in [6.07, 6.45) is 6.50. The number of imidazole rings is 1. The molecule has 66 heavy (non-hydrogen) atoms. The van der Waals surface area contributed by atoms with Gasteiger partial charge in [-0.15, -0.1) is 0 Å². The molecule has 344 valence electrons. The summed E-state index contributed by atoms with van der Waals surface area (Å²) in [7, 11) is -2.80. The minimum atomic E-state index is -4.50. The number of oxime groups is 1. The Hall–Kier alpha value is -6.15. The van der Waals surface area contributed by atoms with Crippen LogP contribution < -0.4 is 11.4 Å². The van der Waals surface area contributed by atoms with Crippen molar-refractivity contribution >= 4 is 37.7 Å². The van der Waals surface area contributed by atoms with E-state index in [1.165, 1.54) is 47.5 Å². The van der Waals surface area contributed by atoms with Gasteiger partial charge in [-0.05, 0) is 118 Å². The number of hydrogen-bond donors (Lipinski definition) is 2. The second-order valence-electron chi connectivity index (χ2n) is 19.1. The molecule has 4 aliphatic rings. The predicted molar refractivity (Wildman–Crippen MR) is 241 cm³/mol. The molecule has 19 heteroatoms. The van der Waals surface area contributed by atoms with Crippen LogP contribution in [0.2, 0.25) is 0 Å². The van der Waals surface area contributed by atoms with E-state index in [0.717, 1.165) is 18.4 Å². The SMILES string of the molecule is Cc1cc(-n2nc3c(c2-n2ccn(-c4ccc5c(cnn5C)c4F)c2=O)[C@@H]2COC[C@H](C3)N2S(=O)(=O)c2cc3cc([C@H]4CCOC(C)(C)C4)ccc3n2[C@@]2(C(N)=NO)C[C@@H]2C)cc(C)c1F. The van der Waals surface area contributed by atoms with E-state index < -0.39 is 45.0 Å². The summed E-state index contributed by atoms with van der Waals surface area (Å²) in [5, 5.41) is 23.8. The molecule has 16 nitrogen and oxygen atoms in total. The summed E-state index contributed by atoms with van der Waals surface area (Å²) in [6.45, 7) is 9.94. The maximum absolute atomic E-state index is 16.2. The summed E-state index contributed by atoms with van der Waals surface area (Å²) in [5.41, 5.74) is 8.71. The van der Waals surface area contributed by atoms with E-state index >= 15 is 17.2 Å². The van der Waals surface area contributed by atoms with Gasteiger partial charge in [0.2, 0.25) is 0 Å². The first-order chi connectivity index (χ1) is 31.4. The number of ether oxygens (including phenoxy) is 2. The molecule has 3 N–H and O–H groups in total. The highest BCUT2D eigenvalue weighted by atomic mass is 32.2. The minimum Gasteiger partial charge on any atom is -0.409 e. The quantitative estimate of drug-likeness (QED) is 0.0756. The third kappa shape index (κ3) is 6.12. The highest BCUT2D eigenvalue weighted by Crippen LogP contribution is 2.55. The molecule has 0 amide bonds. The Morgan fingerprint density at radius 1 is 0.985 bits per heavy atom. The Morgan fingerprint density at radius 3 is 2.42 bits per heavy atom. The van der Waals surface area contributed by atoms with Crippen LogP contribution in [0.4, 0.5) is 8.78 Å². The normalized spacial score (nSPS) is 24.3. The van der Waals surface area contributed by atoms with Gasteiger partial charge < -0.3 is 25.0 Å². The van der Waals surface area contributed by atoms with Crippen molar-refractivity contribution in [2.45, 2.75) is 94.5 Å². The topological polar surface area (TPSA) is 182 Å². The van der Waals surface area contributed by atoms with Gasteiger partial charge in [0.15, 0.2) is 16.7 Å². The number of nitrogens with two attached hydrogens (primary N) is 1. The van der Waals surface area contributed by atoms with Crippen LogP contribution in [-0.4, -0.2) is 88.5 Å². The Balaban J connectivity index is 1.10. The molecule has 3 fully saturated rings. The fourth-order valence-corrected chi connectivity index (χ4v) is 13.1. The van der Waals surface area contributed by atoms with E-state index in [-0.39, 0.29) is 64.8 Å². The molecule has 0 unspecified atom stereocenters. The van der Waals surface area contributed by atoms with Crippen molar-refractivity contribution in [1.29, 1.82) is 0 Å². The van der Waals surface area contributed by atoms with Gasteiger partial charge in [0.1, 0.15) is 17.2 Å². The standard InChI is InChI=1S/C47H50F2N10O6S/c1-25-15-31(16-26(2)41(25)48)58-43(56-13-12-55(45(56)60)37-10-9-36-33(42(37)49)22-51-54(36)6)40-34(52-58)19-32-23-64-24-38(40)59(32)66(62,63)39-18-30-17-28(29-11-14-65-46(4,5)21-29)7-8-35(30)57(39)47(20-27(47)3)44(50)53-61/h7-10,12-13,15-18,22,27,29,32,38,61H,11,14,19-21,23-24H2,1-6H3,(H2,50,53)/t27-,29-,32-,38-,47-/m0/s1.